The molecule has 0 amide bonds. The van der Waals surface area contributed by atoms with Gasteiger partial charge in [0.15, 0.2) is 14.7 Å². The van der Waals surface area contributed by atoms with E-state index in [0.29, 0.717) is 16.2 Å². The lowest BCUT2D eigenvalue weighted by atomic mass is 10.3. The number of thioether (sulfide) groups is 1. The van der Waals surface area contributed by atoms with E-state index in [9.17, 15) is 10.1 Å². The van der Waals surface area contributed by atoms with E-state index in [0.717, 1.165) is 34.5 Å². The van der Waals surface area contributed by atoms with Crippen LogP contribution in [0.4, 0.5) is 0 Å². The zero-order valence-electron chi connectivity index (χ0n) is 17.9. The number of nitro groups is 1. The first kappa shape index (κ1) is 25.9. The zero-order valence-corrected chi connectivity index (χ0v) is 21.0. The molecule has 180 valence electrons. The topological polar surface area (TPSA) is 136 Å². The number of amidine groups is 1. The molecule has 4 rings (SSSR count). The third-order valence-corrected chi connectivity index (χ3v) is 6.69. The summed E-state index contributed by atoms with van der Waals surface area (Å²) in [6.45, 7) is 2.56. The Hall–Kier alpha value is -2.70. The van der Waals surface area contributed by atoms with Crippen molar-refractivity contribution in [3.8, 4) is 6.19 Å². The quantitative estimate of drug-likeness (QED) is 0.239. The first-order valence-corrected chi connectivity index (χ1v) is 12.2. The van der Waals surface area contributed by atoms with Crippen molar-refractivity contribution in [1.82, 2.24) is 24.7 Å². The smallest absolute Gasteiger partial charge is 0.277 e. The number of nitriles is 1. The molecule has 2 aromatic heterocycles. The van der Waals surface area contributed by atoms with Gasteiger partial charge in [0.2, 0.25) is 6.19 Å². The molecule has 0 radical (unpaired) electrons. The number of nitrogens with zero attached hydrogens (tertiary/aromatic N) is 9. The minimum absolute atomic E-state index is 0.243. The lowest BCUT2D eigenvalue weighted by Gasteiger charge is -2.34. The number of halogens is 2. The standard InChI is InChI=1S/C10H9ClN4S.C8H10ClN5O3S/c11-9-2-1-8(5-13-9)6-15-3-4-16-10(15)14-7-12;1-12-4-17-5-13(8(12)11-14(15)16)3-6-2-10-7(9)18-6/h1-2,5H,3-4,6H2;2H,3-5H2,1H3/b14-10-;11-8+. The highest BCUT2D eigenvalue weighted by molar-refractivity contribution is 8.14. The van der Waals surface area contributed by atoms with Crippen LogP contribution in [-0.2, 0) is 17.8 Å². The summed E-state index contributed by atoms with van der Waals surface area (Å²) in [7, 11) is 1.67. The van der Waals surface area contributed by atoms with Gasteiger partial charge >= 0.3 is 0 Å². The number of hydrazone groups is 1. The van der Waals surface area contributed by atoms with Crippen LogP contribution < -0.4 is 0 Å². The Kier molecular flexibility index (Phi) is 9.66. The molecule has 0 atom stereocenters. The fourth-order valence-electron chi connectivity index (χ4n) is 2.97. The molecule has 2 aliphatic rings. The van der Waals surface area contributed by atoms with E-state index in [1.165, 1.54) is 11.3 Å². The van der Waals surface area contributed by atoms with Crippen molar-refractivity contribution < 1.29 is 9.77 Å². The van der Waals surface area contributed by atoms with Crippen LogP contribution in [0.3, 0.4) is 0 Å². The van der Waals surface area contributed by atoms with Crippen molar-refractivity contribution in [2.75, 3.05) is 32.8 Å². The van der Waals surface area contributed by atoms with Gasteiger partial charge < -0.3 is 19.4 Å². The number of thiazole rings is 1. The Balaban J connectivity index is 0.000000192. The molecule has 0 spiro atoms. The molecule has 0 bridgehead atoms. The van der Waals surface area contributed by atoms with Crippen molar-refractivity contribution in [2.45, 2.75) is 13.1 Å². The number of hydrogen-bond acceptors (Lipinski definition) is 9. The predicted molar refractivity (Wildman–Crippen MR) is 131 cm³/mol. The Bertz CT molecular complexity index is 1090. The lowest BCUT2D eigenvalue weighted by molar-refractivity contribution is -0.486. The summed E-state index contributed by atoms with van der Waals surface area (Å²) in [6.07, 6.45) is 5.20. The van der Waals surface area contributed by atoms with Gasteiger partial charge in [-0.15, -0.1) is 16.3 Å². The maximum atomic E-state index is 10.5. The van der Waals surface area contributed by atoms with Crippen LogP contribution in [-0.4, -0.2) is 73.6 Å². The SMILES string of the molecule is CN1COCN(Cc2cnc(Cl)s2)/C1=N/[N+](=O)[O-].N#C/N=C1\SCCN1Cc1ccc(Cl)nc1. The van der Waals surface area contributed by atoms with Crippen molar-refractivity contribution in [1.29, 1.82) is 5.26 Å². The Morgan fingerprint density at radius 1 is 1.26 bits per heavy atom. The van der Waals surface area contributed by atoms with E-state index in [2.05, 4.69) is 25.0 Å². The van der Waals surface area contributed by atoms with Gasteiger partial charge in [-0.1, -0.05) is 41.0 Å². The van der Waals surface area contributed by atoms with E-state index in [1.54, 1.807) is 47.1 Å². The summed E-state index contributed by atoms with van der Waals surface area (Å²) in [5, 5.41) is 23.0. The van der Waals surface area contributed by atoms with Gasteiger partial charge in [-0.3, -0.25) is 0 Å². The number of pyridine rings is 1. The number of ether oxygens (including phenoxy) is 1. The minimum atomic E-state index is -0.718. The minimum Gasteiger partial charge on any atom is -0.345 e. The molecule has 0 aromatic carbocycles. The van der Waals surface area contributed by atoms with Crippen LogP contribution in [0, 0.1) is 21.6 Å². The van der Waals surface area contributed by atoms with Crippen molar-refractivity contribution in [3.63, 3.8) is 0 Å². The van der Waals surface area contributed by atoms with Gasteiger partial charge in [0.1, 0.15) is 23.7 Å². The average Bonchev–Trinajstić information content (AvgIpc) is 3.41. The molecule has 12 nitrogen and oxygen atoms in total. The van der Waals surface area contributed by atoms with Gasteiger partial charge in [0.05, 0.1) is 6.54 Å². The van der Waals surface area contributed by atoms with Crippen molar-refractivity contribution >= 4 is 57.4 Å². The molecule has 2 fully saturated rings. The largest absolute Gasteiger partial charge is 0.345 e. The number of hydrogen-bond donors (Lipinski definition) is 0. The maximum absolute atomic E-state index is 10.5. The molecule has 2 saturated heterocycles. The van der Waals surface area contributed by atoms with Crippen LogP contribution in [0.1, 0.15) is 10.4 Å². The Morgan fingerprint density at radius 2 is 2.09 bits per heavy atom. The first-order chi connectivity index (χ1) is 16.4. The first-order valence-electron chi connectivity index (χ1n) is 9.67. The second kappa shape index (κ2) is 12.7. The van der Waals surface area contributed by atoms with Crippen LogP contribution in [0.5, 0.6) is 0 Å². The monoisotopic (exact) mass is 543 g/mol. The van der Waals surface area contributed by atoms with E-state index >= 15 is 0 Å². The summed E-state index contributed by atoms with van der Waals surface area (Å²) < 4.78 is 5.72. The van der Waals surface area contributed by atoms with E-state index in [-0.39, 0.29) is 19.4 Å². The molecule has 0 unspecified atom stereocenters. The molecule has 34 heavy (non-hydrogen) atoms. The number of guanidine groups is 1. The molecule has 2 aliphatic heterocycles. The average molecular weight is 544 g/mol. The molecule has 16 heteroatoms. The number of rotatable bonds is 5. The predicted octanol–water partition coefficient (Wildman–Crippen LogP) is 3.14. The van der Waals surface area contributed by atoms with Crippen molar-refractivity contribution in [3.05, 3.63) is 54.7 Å². The summed E-state index contributed by atoms with van der Waals surface area (Å²) in [6, 6.07) is 3.70. The summed E-state index contributed by atoms with van der Waals surface area (Å²) >= 11 is 14.4. The highest BCUT2D eigenvalue weighted by Gasteiger charge is 2.25. The summed E-state index contributed by atoms with van der Waals surface area (Å²) in [5.41, 5.74) is 1.07. The molecular formula is C18H19Cl2N9O3S2. The highest BCUT2D eigenvalue weighted by atomic mass is 35.5. The van der Waals surface area contributed by atoms with Gasteiger partial charge in [-0.25, -0.2) is 20.1 Å². The summed E-state index contributed by atoms with van der Waals surface area (Å²) in [4.78, 5) is 28.4. The van der Waals surface area contributed by atoms with Crippen LogP contribution in [0.2, 0.25) is 9.62 Å². The van der Waals surface area contributed by atoms with Crippen LogP contribution in [0.15, 0.2) is 34.6 Å². The van der Waals surface area contributed by atoms with Crippen molar-refractivity contribution in [2.24, 2.45) is 10.1 Å². The highest BCUT2D eigenvalue weighted by Crippen LogP contribution is 2.21. The second-order valence-corrected chi connectivity index (χ2v) is 9.98. The third-order valence-electron chi connectivity index (χ3n) is 4.37. The molecule has 0 aliphatic carbocycles. The van der Waals surface area contributed by atoms with Gasteiger partial charge in [0, 0.05) is 43.2 Å². The number of aromatic nitrogens is 2. The van der Waals surface area contributed by atoms with Gasteiger partial charge in [-0.05, 0) is 11.6 Å². The van der Waals surface area contributed by atoms with Crippen LogP contribution >= 0.6 is 46.3 Å². The fraction of sp³-hybridized carbons (Fsp3) is 0.389. The van der Waals surface area contributed by atoms with Crippen LogP contribution in [0.25, 0.3) is 0 Å². The molecular weight excluding hydrogens is 525 g/mol. The van der Waals surface area contributed by atoms with E-state index in [4.69, 9.17) is 33.2 Å². The maximum Gasteiger partial charge on any atom is 0.277 e. The fourth-order valence-corrected chi connectivity index (χ4v) is 5.01. The van der Waals surface area contributed by atoms with Gasteiger partial charge in [0.25, 0.3) is 5.96 Å². The lowest BCUT2D eigenvalue weighted by Crippen LogP contribution is -2.49. The number of aliphatic imine (C=N–C) groups is 1. The molecule has 4 heterocycles. The molecule has 2 aromatic rings. The third kappa shape index (κ3) is 7.67. The molecule has 0 saturated carbocycles. The van der Waals surface area contributed by atoms with Gasteiger partial charge in [-0.2, -0.15) is 5.26 Å². The Labute approximate surface area is 213 Å². The van der Waals surface area contributed by atoms with E-state index < -0.39 is 5.03 Å². The molecule has 0 N–H and O–H groups in total. The van der Waals surface area contributed by atoms with E-state index in [1.807, 2.05) is 12.3 Å². The Morgan fingerprint density at radius 3 is 2.74 bits per heavy atom. The second-order valence-electron chi connectivity index (χ2n) is 6.83. The normalized spacial score (nSPS) is 18.1. The summed E-state index contributed by atoms with van der Waals surface area (Å²) in [5.74, 6) is 1.23. The zero-order chi connectivity index (χ0) is 24.5.